The zero-order valence-corrected chi connectivity index (χ0v) is 7.47. The second-order valence-corrected chi connectivity index (χ2v) is 3.91. The minimum Gasteiger partial charge on any atom is -0.388 e. The molecule has 0 aromatic carbocycles. The van der Waals surface area contributed by atoms with E-state index in [4.69, 9.17) is 4.74 Å². The van der Waals surface area contributed by atoms with E-state index >= 15 is 0 Å². The van der Waals surface area contributed by atoms with Crippen molar-refractivity contribution in [3.63, 3.8) is 0 Å². The van der Waals surface area contributed by atoms with Crippen molar-refractivity contribution in [1.82, 2.24) is 0 Å². The predicted octanol–water partition coefficient (Wildman–Crippen LogP) is 1.57. The molecule has 0 aromatic heterocycles. The summed E-state index contributed by atoms with van der Waals surface area (Å²) < 4.78 is 4.91. The molecule has 0 aliphatic heterocycles. The second kappa shape index (κ2) is 3.55. The molecule has 1 unspecified atom stereocenters. The molecule has 0 saturated heterocycles. The molecule has 2 heteroatoms. The van der Waals surface area contributed by atoms with Crippen LogP contribution in [0.3, 0.4) is 0 Å². The summed E-state index contributed by atoms with van der Waals surface area (Å²) in [5.74, 6) is 0.901. The Kier molecular flexibility index (Phi) is 2.90. The fourth-order valence-electron chi connectivity index (χ4n) is 1.30. The topological polar surface area (TPSA) is 29.5 Å². The maximum atomic E-state index is 9.67. The number of ether oxygens (including phenoxy) is 1. The van der Waals surface area contributed by atoms with Crippen LogP contribution in [0, 0.1) is 5.92 Å². The number of hydrogen-bond donors (Lipinski definition) is 1. The van der Waals surface area contributed by atoms with Crippen molar-refractivity contribution >= 4 is 0 Å². The summed E-state index contributed by atoms with van der Waals surface area (Å²) in [4.78, 5) is 0. The number of hydrogen-bond acceptors (Lipinski definition) is 2. The van der Waals surface area contributed by atoms with Crippen LogP contribution < -0.4 is 0 Å². The average Bonchev–Trinajstić information content (AvgIpc) is 2.65. The maximum absolute atomic E-state index is 9.67. The second-order valence-electron chi connectivity index (χ2n) is 3.91. The Balaban J connectivity index is 2.09. The third-order valence-electron chi connectivity index (χ3n) is 2.24. The van der Waals surface area contributed by atoms with E-state index in [9.17, 15) is 5.11 Å². The zero-order chi connectivity index (χ0) is 8.32. The van der Waals surface area contributed by atoms with Gasteiger partial charge in [-0.2, -0.15) is 0 Å². The molecule has 1 fully saturated rings. The van der Waals surface area contributed by atoms with Crippen LogP contribution in [0.2, 0.25) is 0 Å². The van der Waals surface area contributed by atoms with E-state index < -0.39 is 5.60 Å². The van der Waals surface area contributed by atoms with E-state index in [0.717, 1.165) is 18.8 Å². The molecule has 2 nitrogen and oxygen atoms in total. The molecule has 1 N–H and O–H groups in total. The minimum absolute atomic E-state index is 0.458. The Morgan fingerprint density at radius 2 is 2.18 bits per heavy atom. The molecule has 1 rings (SSSR count). The van der Waals surface area contributed by atoms with Crippen LogP contribution >= 0.6 is 0 Å². The molecule has 0 aromatic rings. The van der Waals surface area contributed by atoms with Crippen molar-refractivity contribution in [2.45, 2.75) is 38.2 Å². The molecule has 1 aliphatic carbocycles. The summed E-state index contributed by atoms with van der Waals surface area (Å²) in [5.41, 5.74) is -0.600. The quantitative estimate of drug-likeness (QED) is 0.658. The summed E-state index contributed by atoms with van der Waals surface area (Å²) in [5, 5.41) is 9.67. The highest BCUT2D eigenvalue weighted by Crippen LogP contribution is 2.35. The molecule has 1 aliphatic rings. The van der Waals surface area contributed by atoms with Crippen molar-refractivity contribution in [2.75, 3.05) is 13.7 Å². The summed E-state index contributed by atoms with van der Waals surface area (Å²) in [7, 11) is 1.63. The van der Waals surface area contributed by atoms with Gasteiger partial charge in [0.05, 0.1) is 12.2 Å². The van der Waals surface area contributed by atoms with Gasteiger partial charge in [0.2, 0.25) is 0 Å². The van der Waals surface area contributed by atoms with E-state index in [1.165, 1.54) is 12.8 Å². The van der Waals surface area contributed by atoms with Gasteiger partial charge in [-0.1, -0.05) is 12.8 Å². The molecule has 1 saturated carbocycles. The van der Waals surface area contributed by atoms with Crippen LogP contribution in [0.15, 0.2) is 0 Å². The fraction of sp³-hybridized carbons (Fsp3) is 1.00. The van der Waals surface area contributed by atoms with Gasteiger partial charge >= 0.3 is 0 Å². The van der Waals surface area contributed by atoms with Gasteiger partial charge in [0, 0.05) is 7.11 Å². The van der Waals surface area contributed by atoms with Crippen molar-refractivity contribution in [1.29, 1.82) is 0 Å². The first-order valence-corrected chi connectivity index (χ1v) is 4.35. The SMILES string of the molecule is COCC(C)(O)CCC1CC1. The summed E-state index contributed by atoms with van der Waals surface area (Å²) in [6.07, 6.45) is 4.77. The average molecular weight is 158 g/mol. The standard InChI is InChI=1S/C9H18O2/c1-9(10,7-11-2)6-5-8-3-4-8/h8,10H,3-7H2,1-2H3. The number of aliphatic hydroxyl groups is 1. The molecular formula is C9H18O2. The van der Waals surface area contributed by atoms with E-state index in [-0.39, 0.29) is 0 Å². The molecule has 11 heavy (non-hydrogen) atoms. The van der Waals surface area contributed by atoms with Crippen LogP contribution in [-0.2, 0) is 4.74 Å². The monoisotopic (exact) mass is 158 g/mol. The lowest BCUT2D eigenvalue weighted by Crippen LogP contribution is -2.29. The summed E-state index contributed by atoms with van der Waals surface area (Å²) in [6, 6.07) is 0. The highest BCUT2D eigenvalue weighted by Gasteiger charge is 2.26. The predicted molar refractivity (Wildman–Crippen MR) is 44.5 cm³/mol. The van der Waals surface area contributed by atoms with Crippen LogP contribution in [0.25, 0.3) is 0 Å². The van der Waals surface area contributed by atoms with Crippen molar-refractivity contribution in [3.8, 4) is 0 Å². The third kappa shape index (κ3) is 3.73. The summed E-state index contributed by atoms with van der Waals surface area (Å²) >= 11 is 0. The van der Waals surface area contributed by atoms with Gasteiger partial charge < -0.3 is 9.84 Å². The van der Waals surface area contributed by atoms with Crippen molar-refractivity contribution in [3.05, 3.63) is 0 Å². The molecule has 0 spiro atoms. The van der Waals surface area contributed by atoms with Gasteiger partial charge in [0.1, 0.15) is 0 Å². The zero-order valence-electron chi connectivity index (χ0n) is 7.47. The van der Waals surface area contributed by atoms with Gasteiger partial charge in [-0.15, -0.1) is 0 Å². The molecule has 0 amide bonds. The van der Waals surface area contributed by atoms with Crippen LogP contribution in [0.1, 0.15) is 32.6 Å². The van der Waals surface area contributed by atoms with Gasteiger partial charge in [0.25, 0.3) is 0 Å². The molecule has 0 radical (unpaired) electrons. The third-order valence-corrected chi connectivity index (χ3v) is 2.24. The lowest BCUT2D eigenvalue weighted by atomic mass is 10.00. The first-order valence-electron chi connectivity index (χ1n) is 4.35. The van der Waals surface area contributed by atoms with Crippen LogP contribution in [0.5, 0.6) is 0 Å². The molecule has 0 heterocycles. The number of methoxy groups -OCH3 is 1. The van der Waals surface area contributed by atoms with Crippen LogP contribution in [-0.4, -0.2) is 24.4 Å². The minimum atomic E-state index is -0.600. The fourth-order valence-corrected chi connectivity index (χ4v) is 1.30. The number of rotatable bonds is 5. The first-order chi connectivity index (χ1) is 5.14. The first kappa shape index (κ1) is 9.01. The highest BCUT2D eigenvalue weighted by atomic mass is 16.5. The lowest BCUT2D eigenvalue weighted by Gasteiger charge is -2.21. The van der Waals surface area contributed by atoms with Crippen LogP contribution in [0.4, 0.5) is 0 Å². The molecular weight excluding hydrogens is 140 g/mol. The van der Waals surface area contributed by atoms with Gasteiger partial charge in [0.15, 0.2) is 0 Å². The molecule has 1 atom stereocenters. The maximum Gasteiger partial charge on any atom is 0.0852 e. The van der Waals surface area contributed by atoms with Crippen molar-refractivity contribution in [2.24, 2.45) is 5.92 Å². The van der Waals surface area contributed by atoms with Gasteiger partial charge in [-0.25, -0.2) is 0 Å². The van der Waals surface area contributed by atoms with Crippen molar-refractivity contribution < 1.29 is 9.84 Å². The van der Waals surface area contributed by atoms with Gasteiger partial charge in [-0.3, -0.25) is 0 Å². The van der Waals surface area contributed by atoms with Gasteiger partial charge in [-0.05, 0) is 25.7 Å². The Morgan fingerprint density at radius 1 is 1.55 bits per heavy atom. The van der Waals surface area contributed by atoms with E-state index in [0.29, 0.717) is 6.61 Å². The normalized spacial score (nSPS) is 23.2. The Hall–Kier alpha value is -0.0800. The Labute approximate surface area is 68.6 Å². The largest absolute Gasteiger partial charge is 0.388 e. The smallest absolute Gasteiger partial charge is 0.0852 e. The Morgan fingerprint density at radius 3 is 2.64 bits per heavy atom. The molecule has 66 valence electrons. The Bertz CT molecular complexity index is 117. The van der Waals surface area contributed by atoms with E-state index in [2.05, 4.69) is 0 Å². The lowest BCUT2D eigenvalue weighted by molar-refractivity contribution is -0.0247. The summed E-state index contributed by atoms with van der Waals surface area (Å²) in [6.45, 7) is 2.30. The molecule has 0 bridgehead atoms. The van der Waals surface area contributed by atoms with E-state index in [1.54, 1.807) is 7.11 Å². The highest BCUT2D eigenvalue weighted by molar-refractivity contribution is 4.79. The van der Waals surface area contributed by atoms with E-state index in [1.807, 2.05) is 6.92 Å².